The van der Waals surface area contributed by atoms with Crippen molar-refractivity contribution in [3.63, 3.8) is 0 Å². The summed E-state index contributed by atoms with van der Waals surface area (Å²) in [5.41, 5.74) is 9.91. The molecule has 3 fully saturated rings. The van der Waals surface area contributed by atoms with Crippen molar-refractivity contribution in [1.29, 1.82) is 0 Å². The van der Waals surface area contributed by atoms with Gasteiger partial charge in [-0.1, -0.05) is 56.6 Å². The highest BCUT2D eigenvalue weighted by Crippen LogP contribution is 2.60. The van der Waals surface area contributed by atoms with E-state index in [-0.39, 0.29) is 0 Å². The van der Waals surface area contributed by atoms with Crippen molar-refractivity contribution in [2.24, 2.45) is 28.9 Å². The average Bonchev–Trinajstić information content (AvgIpc) is 3.10. The van der Waals surface area contributed by atoms with Crippen molar-refractivity contribution in [3.8, 4) is 0 Å². The number of nitrogens with two attached hydrogens (primary N) is 1. The van der Waals surface area contributed by atoms with Gasteiger partial charge in [-0.15, -0.1) is 0 Å². The zero-order chi connectivity index (χ0) is 24.1. The van der Waals surface area contributed by atoms with Crippen molar-refractivity contribution in [2.75, 3.05) is 13.2 Å². The fourth-order valence-corrected chi connectivity index (χ4v) is 7.13. The largest absolute Gasteiger partial charge is 0.390 e. The molecule has 0 heterocycles. The van der Waals surface area contributed by atoms with Gasteiger partial charge in [-0.2, -0.15) is 0 Å². The highest BCUT2D eigenvalue weighted by molar-refractivity contribution is 5.36. The van der Waals surface area contributed by atoms with E-state index in [1.54, 1.807) is 5.57 Å². The van der Waals surface area contributed by atoms with E-state index in [2.05, 4.69) is 32.6 Å². The summed E-state index contributed by atoms with van der Waals surface area (Å²) in [6.45, 7) is 14.8. The average molecular weight is 458 g/mol. The van der Waals surface area contributed by atoms with E-state index in [0.29, 0.717) is 18.1 Å². The first-order chi connectivity index (χ1) is 15.6. The lowest BCUT2D eigenvalue weighted by Gasteiger charge is -2.44. The molecule has 0 aliphatic heterocycles. The van der Waals surface area contributed by atoms with E-state index in [1.165, 1.54) is 49.7 Å². The zero-order valence-electron chi connectivity index (χ0n) is 22.0. The number of fused-ring (bicyclic) bond motifs is 1. The molecule has 0 bridgehead atoms. The molecule has 0 amide bonds. The fraction of sp³-hybridized carbons (Fsp3) is 0.800. The molecule has 0 aromatic carbocycles. The van der Waals surface area contributed by atoms with Crippen molar-refractivity contribution in [2.45, 2.75) is 116 Å². The molecule has 0 aromatic heterocycles. The van der Waals surface area contributed by atoms with E-state index in [9.17, 15) is 5.11 Å². The van der Waals surface area contributed by atoms with E-state index in [4.69, 9.17) is 10.5 Å². The first-order valence-corrected chi connectivity index (χ1v) is 13.8. The Labute approximate surface area is 203 Å². The summed E-state index contributed by atoms with van der Waals surface area (Å²) in [6, 6.07) is 0. The molecule has 3 rings (SSSR count). The molecule has 3 saturated carbocycles. The third kappa shape index (κ3) is 7.05. The van der Waals surface area contributed by atoms with Gasteiger partial charge < -0.3 is 15.6 Å². The summed E-state index contributed by atoms with van der Waals surface area (Å²) in [5.74, 6) is 2.29. The smallest absolute Gasteiger partial charge is 0.0618 e. The van der Waals surface area contributed by atoms with Crippen molar-refractivity contribution in [3.05, 3.63) is 35.5 Å². The Hall–Kier alpha value is -0.900. The summed E-state index contributed by atoms with van der Waals surface area (Å²) in [6.07, 6.45) is 19.2. The summed E-state index contributed by atoms with van der Waals surface area (Å²) in [5, 5.41) is 10.1. The van der Waals surface area contributed by atoms with Crippen LogP contribution >= 0.6 is 0 Å². The molecule has 3 heteroatoms. The van der Waals surface area contributed by atoms with Crippen LogP contribution in [0.25, 0.3) is 0 Å². The Kier molecular flexibility index (Phi) is 9.46. The van der Waals surface area contributed by atoms with E-state index in [1.807, 2.05) is 13.8 Å². The van der Waals surface area contributed by atoms with Crippen molar-refractivity contribution < 1.29 is 9.84 Å². The maximum Gasteiger partial charge on any atom is 0.0618 e. The Bertz CT molecular complexity index is 715. The van der Waals surface area contributed by atoms with Crippen LogP contribution in [0.3, 0.4) is 0 Å². The van der Waals surface area contributed by atoms with Gasteiger partial charge in [0.05, 0.1) is 11.7 Å². The lowest BCUT2D eigenvalue weighted by molar-refractivity contribution is 0.0435. The molecule has 0 unspecified atom stereocenters. The maximum absolute atomic E-state index is 10.1. The molecule has 0 saturated heterocycles. The van der Waals surface area contributed by atoms with Crippen LogP contribution in [0.4, 0.5) is 0 Å². The number of hydrogen-bond acceptors (Lipinski definition) is 3. The van der Waals surface area contributed by atoms with Crippen LogP contribution in [0.5, 0.6) is 0 Å². The van der Waals surface area contributed by atoms with E-state index >= 15 is 0 Å². The lowest BCUT2D eigenvalue weighted by Crippen LogP contribution is -2.36. The number of aliphatic hydroxyl groups is 1. The Balaban J connectivity index is 1.64. The van der Waals surface area contributed by atoms with Crippen LogP contribution < -0.4 is 5.73 Å². The monoisotopic (exact) mass is 457 g/mol. The van der Waals surface area contributed by atoms with Gasteiger partial charge >= 0.3 is 0 Å². The molecule has 3 N–H and O–H groups in total. The summed E-state index contributed by atoms with van der Waals surface area (Å²) >= 11 is 0. The Morgan fingerprint density at radius 1 is 1.21 bits per heavy atom. The first-order valence-electron chi connectivity index (χ1n) is 13.8. The molecule has 0 radical (unpaired) electrons. The van der Waals surface area contributed by atoms with Crippen LogP contribution in [0.1, 0.15) is 105 Å². The topological polar surface area (TPSA) is 55.5 Å². The number of rotatable bonds is 10. The third-order valence-corrected chi connectivity index (χ3v) is 9.04. The van der Waals surface area contributed by atoms with Gasteiger partial charge in [0.25, 0.3) is 0 Å². The predicted molar refractivity (Wildman–Crippen MR) is 140 cm³/mol. The molecule has 0 spiro atoms. The first kappa shape index (κ1) is 26.7. The standard InChI is InChI=1S/C30H51NO2/c1-22-11-14-26(33-20-8-19-31)21-25(22)13-12-24-10-7-18-30(5)27(15-16-28(24)30)23(2)9-6-17-29(3,4)32/h12-13,23,26-28,32H,1,6-11,14-21,31H2,2-5H3/b24-12+,25-13-/t23-,26+,27-,28+,30+/m0/s1. The highest BCUT2D eigenvalue weighted by atomic mass is 16.5. The fourth-order valence-electron chi connectivity index (χ4n) is 7.13. The molecule has 3 aliphatic rings. The molecular weight excluding hydrogens is 406 g/mol. The second-order valence-corrected chi connectivity index (χ2v) is 12.2. The van der Waals surface area contributed by atoms with Gasteiger partial charge in [-0.05, 0) is 113 Å². The van der Waals surface area contributed by atoms with Crippen LogP contribution in [0, 0.1) is 23.2 Å². The highest BCUT2D eigenvalue weighted by Gasteiger charge is 2.50. The third-order valence-electron chi connectivity index (χ3n) is 9.04. The minimum atomic E-state index is -0.534. The quantitative estimate of drug-likeness (QED) is 0.344. The number of ether oxygens (including phenoxy) is 1. The number of hydrogen-bond donors (Lipinski definition) is 2. The van der Waals surface area contributed by atoms with Crippen molar-refractivity contribution in [1.82, 2.24) is 0 Å². The van der Waals surface area contributed by atoms with Crippen LogP contribution in [-0.4, -0.2) is 30.0 Å². The molecular formula is C30H51NO2. The predicted octanol–water partition coefficient (Wildman–Crippen LogP) is 7.11. The molecule has 188 valence electrons. The van der Waals surface area contributed by atoms with Crippen molar-refractivity contribution >= 4 is 0 Å². The number of allylic oxidation sites excluding steroid dienone is 4. The van der Waals surface area contributed by atoms with Gasteiger partial charge in [0.1, 0.15) is 0 Å². The second kappa shape index (κ2) is 11.7. The SMILES string of the molecule is C=C1CC[C@@H](OCCCN)C/C1=C/C=C1\CCC[C@@]2(C)[C@@H]1CC[C@H]2[C@@H](C)CCCC(C)(C)O. The van der Waals surface area contributed by atoms with Gasteiger partial charge in [0, 0.05) is 6.61 Å². The minimum absolute atomic E-state index is 0.323. The van der Waals surface area contributed by atoms with Gasteiger partial charge in [-0.25, -0.2) is 0 Å². The minimum Gasteiger partial charge on any atom is -0.390 e. The summed E-state index contributed by atoms with van der Waals surface area (Å²) < 4.78 is 6.07. The van der Waals surface area contributed by atoms with Crippen LogP contribution in [-0.2, 0) is 4.74 Å². The van der Waals surface area contributed by atoms with Crippen LogP contribution in [0.15, 0.2) is 35.5 Å². The van der Waals surface area contributed by atoms with E-state index in [0.717, 1.165) is 62.9 Å². The molecule has 3 aliphatic carbocycles. The normalized spacial score (nSPS) is 34.1. The molecule has 0 aromatic rings. The van der Waals surface area contributed by atoms with Gasteiger partial charge in [0.2, 0.25) is 0 Å². The maximum atomic E-state index is 10.1. The Morgan fingerprint density at radius 2 is 2.00 bits per heavy atom. The zero-order valence-corrected chi connectivity index (χ0v) is 22.0. The lowest BCUT2D eigenvalue weighted by atomic mass is 9.60. The second-order valence-electron chi connectivity index (χ2n) is 12.2. The van der Waals surface area contributed by atoms with Gasteiger partial charge in [-0.3, -0.25) is 0 Å². The summed E-state index contributed by atoms with van der Waals surface area (Å²) in [4.78, 5) is 0. The molecule has 3 nitrogen and oxygen atoms in total. The van der Waals surface area contributed by atoms with Crippen LogP contribution in [0.2, 0.25) is 0 Å². The molecule has 5 atom stereocenters. The van der Waals surface area contributed by atoms with E-state index < -0.39 is 5.60 Å². The van der Waals surface area contributed by atoms with Gasteiger partial charge in [0.15, 0.2) is 0 Å². The molecule has 33 heavy (non-hydrogen) atoms. The summed E-state index contributed by atoms with van der Waals surface area (Å²) in [7, 11) is 0. The Morgan fingerprint density at radius 3 is 2.73 bits per heavy atom.